The summed E-state index contributed by atoms with van der Waals surface area (Å²) in [6, 6.07) is 16.6. The first-order valence-electron chi connectivity index (χ1n) is 14.4. The Hall–Kier alpha value is -4.49. The van der Waals surface area contributed by atoms with Crippen molar-refractivity contribution in [3.63, 3.8) is 0 Å². The van der Waals surface area contributed by atoms with Crippen LogP contribution in [0, 0.1) is 17.0 Å². The van der Waals surface area contributed by atoms with Gasteiger partial charge in [-0.15, -0.1) is 11.8 Å². The second-order valence-corrected chi connectivity index (χ2v) is 13.0. The zero-order valence-electron chi connectivity index (χ0n) is 25.4. The van der Waals surface area contributed by atoms with E-state index in [2.05, 4.69) is 16.0 Å². The highest BCUT2D eigenvalue weighted by Gasteiger charge is 2.56. The number of halogens is 2. The molecule has 46 heavy (non-hydrogen) atoms. The molecule has 0 saturated carbocycles. The van der Waals surface area contributed by atoms with Crippen molar-refractivity contribution in [2.75, 3.05) is 18.9 Å². The highest BCUT2D eigenvalue weighted by Crippen LogP contribution is 2.46. The van der Waals surface area contributed by atoms with Gasteiger partial charge in [0.2, 0.25) is 11.8 Å². The van der Waals surface area contributed by atoms with Gasteiger partial charge < -0.3 is 30.9 Å². The van der Waals surface area contributed by atoms with E-state index in [0.29, 0.717) is 22.4 Å². The van der Waals surface area contributed by atoms with E-state index in [1.165, 1.54) is 48.2 Å². The van der Waals surface area contributed by atoms with Gasteiger partial charge in [0.25, 0.3) is 5.91 Å². The normalized spacial score (nSPS) is 18.8. The summed E-state index contributed by atoms with van der Waals surface area (Å²) in [4.78, 5) is 48.8. The smallest absolute Gasteiger partial charge is 0.326 e. The van der Waals surface area contributed by atoms with Crippen molar-refractivity contribution >= 4 is 35.5 Å². The number of carbonyl (C=O) groups excluding carboxylic acids is 3. The van der Waals surface area contributed by atoms with Crippen molar-refractivity contribution in [1.82, 2.24) is 16.0 Å². The Kier molecular flexibility index (Phi) is 10.7. The Morgan fingerprint density at radius 1 is 0.935 bits per heavy atom. The molecule has 0 radical (unpaired) electrons. The molecule has 3 amide bonds. The summed E-state index contributed by atoms with van der Waals surface area (Å²) >= 11 is 1.21. The zero-order chi connectivity index (χ0) is 33.6. The van der Waals surface area contributed by atoms with Gasteiger partial charge in [0.15, 0.2) is 6.61 Å². The first-order chi connectivity index (χ1) is 21.7. The molecule has 0 spiro atoms. The van der Waals surface area contributed by atoms with Gasteiger partial charge in [-0.2, -0.15) is 0 Å². The molecule has 3 aromatic rings. The lowest BCUT2D eigenvalue weighted by atomic mass is 9.74. The van der Waals surface area contributed by atoms with Crippen molar-refractivity contribution in [2.45, 2.75) is 43.7 Å². The molecule has 1 aliphatic rings. The van der Waals surface area contributed by atoms with Crippen molar-refractivity contribution < 1.29 is 42.9 Å². The third kappa shape index (κ3) is 8.01. The fourth-order valence-corrected chi connectivity index (χ4v) is 6.35. The molecular weight excluding hydrogens is 620 g/mol. The maximum atomic E-state index is 13.8. The van der Waals surface area contributed by atoms with Gasteiger partial charge in [0.1, 0.15) is 34.2 Å². The number of aliphatic carboxylic acids is 1. The monoisotopic (exact) mass is 655 g/mol. The second-order valence-electron chi connectivity index (χ2n) is 11.9. The molecule has 3 aromatic carbocycles. The first-order valence-corrected chi connectivity index (χ1v) is 15.4. The molecule has 0 aliphatic carbocycles. The molecule has 1 aliphatic heterocycles. The lowest BCUT2D eigenvalue weighted by molar-refractivity contribution is -0.144. The Balaban J connectivity index is 1.41. The summed E-state index contributed by atoms with van der Waals surface area (Å²) in [6.45, 7) is 4.15. The van der Waals surface area contributed by atoms with E-state index in [1.54, 1.807) is 57.2 Å². The van der Waals surface area contributed by atoms with Crippen LogP contribution in [0.1, 0.15) is 43.6 Å². The van der Waals surface area contributed by atoms with Crippen LogP contribution >= 0.6 is 11.8 Å². The minimum absolute atomic E-state index is 0.133. The number of amides is 3. The number of rotatable bonds is 13. The Bertz CT molecular complexity index is 1560. The lowest BCUT2D eigenvalue weighted by Crippen LogP contribution is -2.69. The van der Waals surface area contributed by atoms with E-state index in [-0.39, 0.29) is 11.7 Å². The maximum Gasteiger partial charge on any atom is 0.326 e. The van der Waals surface area contributed by atoms with Crippen molar-refractivity contribution in [1.29, 1.82) is 0 Å². The summed E-state index contributed by atoms with van der Waals surface area (Å²) in [5, 5.41) is 27.1. The Morgan fingerprint density at radius 3 is 2.00 bits per heavy atom. The molecular formula is C33H35F2N3O7S. The average Bonchev–Trinajstić information content (AvgIpc) is 3.00. The summed E-state index contributed by atoms with van der Waals surface area (Å²) < 4.78 is 32.7. The quantitative estimate of drug-likeness (QED) is 0.176. The van der Waals surface area contributed by atoms with Crippen molar-refractivity contribution in [3.8, 4) is 5.75 Å². The van der Waals surface area contributed by atoms with Crippen LogP contribution in [0.5, 0.6) is 5.75 Å². The van der Waals surface area contributed by atoms with Crippen LogP contribution in [0.3, 0.4) is 0 Å². The van der Waals surface area contributed by atoms with Gasteiger partial charge in [0.05, 0.1) is 12.6 Å². The molecule has 1 saturated heterocycles. The number of ether oxygens (including phenoxy) is 1. The third-order valence-electron chi connectivity index (χ3n) is 7.47. The van der Waals surface area contributed by atoms with Gasteiger partial charge in [0, 0.05) is 5.75 Å². The molecule has 1 fully saturated rings. The molecule has 0 bridgehead atoms. The summed E-state index contributed by atoms with van der Waals surface area (Å²) in [7, 11) is 0. The molecule has 1 heterocycles. The number of carboxylic acids is 1. The van der Waals surface area contributed by atoms with Crippen LogP contribution in [0.25, 0.3) is 0 Å². The van der Waals surface area contributed by atoms with Crippen LogP contribution in [-0.2, 0) is 24.7 Å². The van der Waals surface area contributed by atoms with Gasteiger partial charge >= 0.3 is 5.97 Å². The first kappa shape index (κ1) is 34.4. The topological polar surface area (TPSA) is 154 Å². The van der Waals surface area contributed by atoms with Crippen LogP contribution in [0.2, 0.25) is 0 Å². The number of carboxylic acid groups (broad SMARTS) is 1. The van der Waals surface area contributed by atoms with Crippen molar-refractivity contribution in [2.24, 2.45) is 5.41 Å². The molecule has 244 valence electrons. The number of thioether (sulfide) groups is 1. The van der Waals surface area contributed by atoms with Gasteiger partial charge in [-0.25, -0.2) is 13.6 Å². The van der Waals surface area contributed by atoms with E-state index >= 15 is 0 Å². The standard InChI is InChI=1S/C33H35F2N3O7S/c1-32(2,3)28(31(43)44)37-26(40)16-36-27(41)17-45-24-14-8-21(9-15-24)33(20-6-12-23(35)13-7-20)29(30(42)38-33)46-18-25(39)19-4-10-22(34)11-5-19/h4-15,25,28-29,39H,16-18H2,1-3H3,(H,36,41)(H,37,40)(H,38,42)(H,43,44)/t25?,28-,29-,33-/m0/s1. The van der Waals surface area contributed by atoms with Crippen LogP contribution < -0.4 is 20.7 Å². The largest absolute Gasteiger partial charge is 0.484 e. The minimum atomic E-state index is -1.19. The zero-order valence-corrected chi connectivity index (χ0v) is 26.2. The fourth-order valence-electron chi connectivity index (χ4n) is 4.99. The predicted molar refractivity (Wildman–Crippen MR) is 167 cm³/mol. The Morgan fingerprint density at radius 2 is 1.48 bits per heavy atom. The fraction of sp³-hybridized carbons (Fsp3) is 0.333. The van der Waals surface area contributed by atoms with E-state index in [4.69, 9.17) is 4.74 Å². The second kappa shape index (κ2) is 14.3. The highest BCUT2D eigenvalue weighted by atomic mass is 32.2. The number of hydrogen-bond acceptors (Lipinski definition) is 7. The van der Waals surface area contributed by atoms with E-state index in [1.807, 2.05) is 0 Å². The summed E-state index contributed by atoms with van der Waals surface area (Å²) in [5.41, 5.74) is -0.0377. The van der Waals surface area contributed by atoms with Crippen LogP contribution in [-0.4, -0.2) is 64.1 Å². The van der Waals surface area contributed by atoms with E-state index in [9.17, 15) is 38.2 Å². The highest BCUT2D eigenvalue weighted by molar-refractivity contribution is 8.00. The van der Waals surface area contributed by atoms with E-state index in [0.717, 1.165) is 0 Å². The number of nitrogens with one attached hydrogen (secondary N) is 3. The van der Waals surface area contributed by atoms with Gasteiger partial charge in [-0.3, -0.25) is 14.4 Å². The third-order valence-corrected chi connectivity index (χ3v) is 8.88. The molecule has 4 atom stereocenters. The summed E-state index contributed by atoms with van der Waals surface area (Å²) in [6.07, 6.45) is -0.963. The maximum absolute atomic E-state index is 13.8. The molecule has 0 aromatic heterocycles. The van der Waals surface area contributed by atoms with Gasteiger partial charge in [-0.05, 0) is 58.5 Å². The molecule has 4 rings (SSSR count). The number of benzene rings is 3. The minimum Gasteiger partial charge on any atom is -0.484 e. The number of aliphatic hydroxyl groups is 1. The molecule has 13 heteroatoms. The van der Waals surface area contributed by atoms with Crippen molar-refractivity contribution in [3.05, 3.63) is 101 Å². The average molecular weight is 656 g/mol. The SMILES string of the molecule is CC(C)(C)[C@@H](NC(=O)CNC(=O)COc1ccc([C@]2(c3ccc(F)cc3)NC(=O)[C@@H]2SCC(O)c2ccc(F)cc2)cc1)C(=O)O. The lowest BCUT2D eigenvalue weighted by Gasteiger charge is -2.50. The predicted octanol–water partition coefficient (Wildman–Crippen LogP) is 3.28. The van der Waals surface area contributed by atoms with Gasteiger partial charge in [-0.1, -0.05) is 57.2 Å². The Labute approximate surface area is 268 Å². The van der Waals surface area contributed by atoms with Crippen LogP contribution in [0.15, 0.2) is 72.8 Å². The number of β-lactam (4-membered cyclic amide) rings is 1. The number of carbonyl (C=O) groups is 4. The number of hydrogen-bond donors (Lipinski definition) is 5. The summed E-state index contributed by atoms with van der Waals surface area (Å²) in [5.74, 6) is -3.16. The number of aliphatic hydroxyl groups excluding tert-OH is 1. The molecule has 5 N–H and O–H groups in total. The van der Waals surface area contributed by atoms with Crippen LogP contribution in [0.4, 0.5) is 8.78 Å². The molecule has 1 unspecified atom stereocenters. The van der Waals surface area contributed by atoms with E-state index < -0.39 is 70.9 Å². The molecule has 10 nitrogen and oxygen atoms in total.